The molecule has 0 aromatic heterocycles. The van der Waals surface area contributed by atoms with Crippen molar-refractivity contribution < 1.29 is 71.3 Å². The zero-order chi connectivity index (χ0) is 31.8. The van der Waals surface area contributed by atoms with Crippen molar-refractivity contribution in [3.05, 3.63) is 0 Å². The van der Waals surface area contributed by atoms with Crippen LogP contribution in [0.2, 0.25) is 0 Å². The summed E-state index contributed by atoms with van der Waals surface area (Å²) in [5.41, 5.74) is 0. The molecule has 258 valence electrons. The van der Waals surface area contributed by atoms with Crippen molar-refractivity contribution >= 4 is 17.8 Å². The second-order valence-electron chi connectivity index (χ2n) is 8.91. The highest BCUT2D eigenvalue weighted by Crippen LogP contribution is 2.12. The first-order valence-electron chi connectivity index (χ1n) is 15.0. The van der Waals surface area contributed by atoms with E-state index in [4.69, 9.17) is 56.9 Å². The Hall–Kier alpha value is -1.83. The van der Waals surface area contributed by atoms with Crippen LogP contribution in [-0.4, -0.2) is 169 Å². The zero-order valence-electron chi connectivity index (χ0n) is 26.0. The molecule has 0 bridgehead atoms. The Bertz CT molecular complexity index is 684. The van der Waals surface area contributed by atoms with E-state index in [1.54, 1.807) is 7.11 Å². The molecule has 1 fully saturated rings. The number of imide groups is 1. The van der Waals surface area contributed by atoms with E-state index in [2.05, 4.69) is 0 Å². The smallest absolute Gasteiger partial charge is 0.335 e. The number of hydrogen-bond acceptors (Lipinski definition) is 15. The molecular formula is C28H51NO15. The van der Waals surface area contributed by atoms with Crippen LogP contribution in [0.25, 0.3) is 0 Å². The monoisotopic (exact) mass is 641 g/mol. The van der Waals surface area contributed by atoms with Gasteiger partial charge in [0.15, 0.2) is 0 Å². The van der Waals surface area contributed by atoms with Gasteiger partial charge >= 0.3 is 5.97 Å². The average Bonchev–Trinajstić information content (AvgIpc) is 3.33. The molecular weight excluding hydrogens is 590 g/mol. The van der Waals surface area contributed by atoms with Crippen molar-refractivity contribution in [2.45, 2.75) is 19.3 Å². The molecule has 0 aromatic carbocycles. The molecule has 0 unspecified atom stereocenters. The molecule has 1 heterocycles. The Labute approximate surface area is 259 Å². The molecule has 1 aliphatic heterocycles. The van der Waals surface area contributed by atoms with Gasteiger partial charge in [-0.2, -0.15) is 0 Å². The van der Waals surface area contributed by atoms with E-state index in [0.29, 0.717) is 131 Å². The fourth-order valence-corrected chi connectivity index (χ4v) is 3.18. The van der Waals surface area contributed by atoms with Gasteiger partial charge in [-0.15, -0.1) is 5.06 Å². The third-order valence-corrected chi connectivity index (χ3v) is 5.43. The first-order chi connectivity index (χ1) is 21.6. The molecule has 0 N–H and O–H groups in total. The molecule has 16 nitrogen and oxygen atoms in total. The quantitative estimate of drug-likeness (QED) is 0.0669. The molecule has 0 aliphatic carbocycles. The summed E-state index contributed by atoms with van der Waals surface area (Å²) in [7, 11) is 1.64. The Balaban J connectivity index is 1.66. The summed E-state index contributed by atoms with van der Waals surface area (Å²) in [6.07, 6.45) is 0.0495. The van der Waals surface area contributed by atoms with Gasteiger partial charge in [0.25, 0.3) is 11.8 Å². The van der Waals surface area contributed by atoms with Crippen LogP contribution in [-0.2, 0) is 71.3 Å². The number of carbonyl (C=O) groups excluding carboxylic acids is 3. The van der Waals surface area contributed by atoms with Gasteiger partial charge in [0, 0.05) is 20.0 Å². The first kappa shape index (κ1) is 40.2. The van der Waals surface area contributed by atoms with Crippen LogP contribution in [0.5, 0.6) is 0 Å². The fourth-order valence-electron chi connectivity index (χ4n) is 3.18. The van der Waals surface area contributed by atoms with Crippen molar-refractivity contribution in [2.24, 2.45) is 0 Å². The van der Waals surface area contributed by atoms with E-state index in [-0.39, 0.29) is 32.5 Å². The van der Waals surface area contributed by atoms with Gasteiger partial charge in [0.2, 0.25) is 0 Å². The van der Waals surface area contributed by atoms with Crippen LogP contribution >= 0.6 is 0 Å². The molecule has 1 saturated heterocycles. The maximum Gasteiger partial charge on any atom is 0.335 e. The molecule has 2 amide bonds. The summed E-state index contributed by atoms with van der Waals surface area (Å²) in [6, 6.07) is 0. The van der Waals surface area contributed by atoms with E-state index < -0.39 is 17.8 Å². The van der Waals surface area contributed by atoms with Gasteiger partial charge in [-0.25, -0.2) is 4.79 Å². The van der Waals surface area contributed by atoms with Crippen molar-refractivity contribution in [1.29, 1.82) is 0 Å². The van der Waals surface area contributed by atoms with Crippen molar-refractivity contribution in [3.8, 4) is 0 Å². The molecule has 0 aromatic rings. The van der Waals surface area contributed by atoms with Crippen molar-refractivity contribution in [1.82, 2.24) is 5.06 Å². The predicted molar refractivity (Wildman–Crippen MR) is 152 cm³/mol. The number of hydroxylamine groups is 2. The predicted octanol–water partition coefficient (Wildman–Crippen LogP) is -0.204. The molecule has 0 saturated carbocycles. The Morgan fingerprint density at radius 3 is 0.977 bits per heavy atom. The summed E-state index contributed by atoms with van der Waals surface area (Å²) in [5.74, 6) is -1.72. The van der Waals surface area contributed by atoms with Crippen LogP contribution in [0, 0.1) is 0 Å². The van der Waals surface area contributed by atoms with E-state index in [9.17, 15) is 14.4 Å². The number of hydrogen-bond donors (Lipinski definition) is 0. The number of ether oxygens (including phenoxy) is 11. The van der Waals surface area contributed by atoms with Crippen LogP contribution in [0.15, 0.2) is 0 Å². The van der Waals surface area contributed by atoms with E-state index in [1.165, 1.54) is 0 Å². The summed E-state index contributed by atoms with van der Waals surface area (Å²) in [5, 5.41) is 0.519. The third-order valence-electron chi connectivity index (χ3n) is 5.43. The maximum absolute atomic E-state index is 11.6. The van der Waals surface area contributed by atoms with Crippen LogP contribution < -0.4 is 0 Å². The molecule has 1 aliphatic rings. The lowest BCUT2D eigenvalue weighted by atomic mass is 10.4. The molecule has 0 atom stereocenters. The van der Waals surface area contributed by atoms with Crippen LogP contribution in [0.1, 0.15) is 19.3 Å². The Morgan fingerprint density at radius 1 is 0.455 bits per heavy atom. The molecule has 1 rings (SSSR count). The SMILES string of the molecule is COCCOCCOCCOCCOCCOCCOCCOCCOCCOCCOCCC(=O)ON1C(=O)CCC1=O. The average molecular weight is 642 g/mol. The van der Waals surface area contributed by atoms with Gasteiger partial charge in [0.05, 0.1) is 145 Å². The van der Waals surface area contributed by atoms with Gasteiger partial charge in [-0.3, -0.25) is 9.59 Å². The second kappa shape index (κ2) is 31.2. The number of nitrogens with zero attached hydrogens (tertiary/aromatic N) is 1. The van der Waals surface area contributed by atoms with E-state index in [0.717, 1.165) is 0 Å². The molecule has 0 radical (unpaired) electrons. The molecule has 44 heavy (non-hydrogen) atoms. The van der Waals surface area contributed by atoms with E-state index >= 15 is 0 Å². The summed E-state index contributed by atoms with van der Waals surface area (Å²) >= 11 is 0. The summed E-state index contributed by atoms with van der Waals surface area (Å²) < 4.78 is 58.8. The lowest BCUT2D eigenvalue weighted by molar-refractivity contribution is -0.198. The summed E-state index contributed by atoms with van der Waals surface area (Å²) in [6.45, 7) is 9.59. The van der Waals surface area contributed by atoms with Crippen molar-refractivity contribution in [2.75, 3.05) is 146 Å². The van der Waals surface area contributed by atoms with Crippen LogP contribution in [0.4, 0.5) is 0 Å². The summed E-state index contributed by atoms with van der Waals surface area (Å²) in [4.78, 5) is 39.1. The lowest BCUT2D eigenvalue weighted by Crippen LogP contribution is -2.32. The van der Waals surface area contributed by atoms with Gasteiger partial charge in [-0.05, 0) is 0 Å². The highest BCUT2D eigenvalue weighted by Gasteiger charge is 2.32. The fraction of sp³-hybridized carbons (Fsp3) is 0.893. The number of rotatable bonds is 34. The van der Waals surface area contributed by atoms with Gasteiger partial charge in [-0.1, -0.05) is 0 Å². The van der Waals surface area contributed by atoms with Crippen LogP contribution in [0.3, 0.4) is 0 Å². The van der Waals surface area contributed by atoms with Gasteiger partial charge < -0.3 is 56.9 Å². The first-order valence-corrected chi connectivity index (χ1v) is 15.0. The van der Waals surface area contributed by atoms with E-state index in [1.807, 2.05) is 0 Å². The standard InChI is InChI=1S/C28H51NO15/c1-33-6-7-35-10-11-37-14-15-39-18-19-41-22-23-43-25-24-42-21-20-40-17-16-38-13-12-36-9-8-34-5-4-28(32)44-29-26(30)2-3-27(29)31/h2-25H2,1H3. The largest absolute Gasteiger partial charge is 0.382 e. The molecule has 16 heteroatoms. The number of methoxy groups -OCH3 is 1. The highest BCUT2D eigenvalue weighted by molar-refractivity contribution is 6.01. The Morgan fingerprint density at radius 2 is 0.705 bits per heavy atom. The third kappa shape index (κ3) is 25.5. The number of amides is 2. The van der Waals surface area contributed by atoms with Gasteiger partial charge in [0.1, 0.15) is 0 Å². The highest BCUT2D eigenvalue weighted by atomic mass is 16.7. The molecule has 0 spiro atoms. The normalized spacial score (nSPS) is 13.3. The Kier molecular flexibility index (Phi) is 28.5. The maximum atomic E-state index is 11.6. The minimum Gasteiger partial charge on any atom is -0.382 e. The topological polar surface area (TPSA) is 165 Å². The lowest BCUT2D eigenvalue weighted by Gasteiger charge is -2.12. The minimum absolute atomic E-state index is 0.0606. The second-order valence-corrected chi connectivity index (χ2v) is 8.91. The van der Waals surface area contributed by atoms with Crippen molar-refractivity contribution in [3.63, 3.8) is 0 Å². The number of carbonyl (C=O) groups is 3. The minimum atomic E-state index is -0.698. The zero-order valence-corrected chi connectivity index (χ0v) is 26.0.